The Morgan fingerprint density at radius 1 is 1.43 bits per heavy atom. The average molecular weight is 325 g/mol. The number of rotatable bonds is 5. The van der Waals surface area contributed by atoms with Gasteiger partial charge < -0.3 is 4.74 Å². The molecule has 8 heteroatoms. The Morgan fingerprint density at radius 2 is 2.24 bits per heavy atom. The highest BCUT2D eigenvalue weighted by Gasteiger charge is 2.12. The number of nitrogens with zero attached hydrogens (tertiary/aromatic N) is 3. The lowest BCUT2D eigenvalue weighted by atomic mass is 10.3. The molecule has 1 aliphatic rings. The van der Waals surface area contributed by atoms with Gasteiger partial charge in [-0.15, -0.1) is 11.3 Å². The van der Waals surface area contributed by atoms with Crippen LogP contribution in [0.2, 0.25) is 0 Å². The molecule has 2 heterocycles. The molecule has 1 aromatic heterocycles. The normalized spacial score (nSPS) is 16.4. The fourth-order valence-electron chi connectivity index (χ4n) is 2.16. The number of hydrogen-bond acceptors (Lipinski definition) is 7. The fourth-order valence-corrected chi connectivity index (χ4v) is 4.28. The summed E-state index contributed by atoms with van der Waals surface area (Å²) in [5.41, 5.74) is 0.806. The van der Waals surface area contributed by atoms with Crippen LogP contribution < -0.4 is 0 Å². The molecule has 0 aliphatic carbocycles. The number of aromatic nitrogens is 1. The second-order valence-electron chi connectivity index (χ2n) is 4.69. The molecule has 21 heavy (non-hydrogen) atoms. The van der Waals surface area contributed by atoms with E-state index < -0.39 is 0 Å². The van der Waals surface area contributed by atoms with Crippen LogP contribution >= 0.6 is 23.1 Å². The Kier molecular flexibility index (Phi) is 4.69. The van der Waals surface area contributed by atoms with Crippen molar-refractivity contribution in [2.75, 3.05) is 38.6 Å². The summed E-state index contributed by atoms with van der Waals surface area (Å²) in [6.07, 6.45) is 0. The van der Waals surface area contributed by atoms with Crippen molar-refractivity contribution in [3.63, 3.8) is 0 Å². The molecule has 1 aliphatic heterocycles. The van der Waals surface area contributed by atoms with Crippen molar-refractivity contribution < 1.29 is 9.66 Å². The van der Waals surface area contributed by atoms with Crippen molar-refractivity contribution in [2.45, 2.75) is 4.34 Å². The molecular formula is C13H15N3O3S2. The number of ether oxygens (including phenoxy) is 1. The molecule has 0 atom stereocenters. The molecule has 2 aromatic rings. The van der Waals surface area contributed by atoms with Crippen LogP contribution in [0.5, 0.6) is 0 Å². The molecule has 0 saturated carbocycles. The highest BCUT2D eigenvalue weighted by molar-refractivity contribution is 8.01. The van der Waals surface area contributed by atoms with Crippen LogP contribution in [0.3, 0.4) is 0 Å². The number of thioether (sulfide) groups is 1. The Morgan fingerprint density at radius 3 is 3.00 bits per heavy atom. The fraction of sp³-hybridized carbons (Fsp3) is 0.462. The molecule has 6 nitrogen and oxygen atoms in total. The van der Waals surface area contributed by atoms with Gasteiger partial charge in [0.25, 0.3) is 5.69 Å². The highest BCUT2D eigenvalue weighted by atomic mass is 32.2. The minimum atomic E-state index is -0.385. The summed E-state index contributed by atoms with van der Waals surface area (Å²) >= 11 is 3.30. The SMILES string of the molecule is O=[N+]([O-])c1ccc2sc(SCCN3CCOCC3)nc2c1. The number of nitro groups is 1. The minimum absolute atomic E-state index is 0.0951. The summed E-state index contributed by atoms with van der Waals surface area (Å²) in [7, 11) is 0. The molecule has 0 unspecified atom stereocenters. The lowest BCUT2D eigenvalue weighted by Gasteiger charge is -2.26. The molecule has 0 spiro atoms. The third kappa shape index (κ3) is 3.70. The van der Waals surface area contributed by atoms with Gasteiger partial charge >= 0.3 is 0 Å². The van der Waals surface area contributed by atoms with E-state index >= 15 is 0 Å². The van der Waals surface area contributed by atoms with Crippen molar-refractivity contribution >= 4 is 39.0 Å². The van der Waals surface area contributed by atoms with Crippen LogP contribution in [0, 0.1) is 10.1 Å². The Bertz CT molecular complexity index is 641. The summed E-state index contributed by atoms with van der Waals surface area (Å²) < 4.78 is 7.29. The summed E-state index contributed by atoms with van der Waals surface area (Å²) in [4.78, 5) is 17.2. The van der Waals surface area contributed by atoms with E-state index in [1.54, 1.807) is 29.2 Å². The van der Waals surface area contributed by atoms with Crippen molar-refractivity contribution in [1.29, 1.82) is 0 Å². The van der Waals surface area contributed by atoms with Crippen molar-refractivity contribution in [3.8, 4) is 0 Å². The van der Waals surface area contributed by atoms with Crippen molar-refractivity contribution in [1.82, 2.24) is 9.88 Å². The van der Waals surface area contributed by atoms with E-state index in [1.807, 2.05) is 0 Å². The summed E-state index contributed by atoms with van der Waals surface area (Å²) in [5, 5.41) is 10.8. The maximum Gasteiger partial charge on any atom is 0.271 e. The van der Waals surface area contributed by atoms with Crippen LogP contribution in [0.15, 0.2) is 22.5 Å². The molecule has 0 bridgehead atoms. The second-order valence-corrected chi connectivity index (χ2v) is 7.06. The average Bonchev–Trinajstić information content (AvgIpc) is 2.90. The van der Waals surface area contributed by atoms with Gasteiger partial charge in [0.1, 0.15) is 0 Å². The number of thiazole rings is 1. The second kappa shape index (κ2) is 6.69. The first-order valence-corrected chi connectivity index (χ1v) is 8.50. The molecule has 0 radical (unpaired) electrons. The van der Waals surface area contributed by atoms with E-state index in [0.29, 0.717) is 5.52 Å². The molecule has 0 N–H and O–H groups in total. The van der Waals surface area contributed by atoms with E-state index in [9.17, 15) is 10.1 Å². The van der Waals surface area contributed by atoms with Gasteiger partial charge in [0.05, 0.1) is 28.4 Å². The van der Waals surface area contributed by atoms with E-state index in [2.05, 4.69) is 9.88 Å². The number of benzene rings is 1. The van der Waals surface area contributed by atoms with Gasteiger partial charge in [-0.05, 0) is 6.07 Å². The molecule has 1 aromatic carbocycles. The summed E-state index contributed by atoms with van der Waals surface area (Å²) in [6.45, 7) is 4.63. The van der Waals surface area contributed by atoms with Crippen LogP contribution in [-0.4, -0.2) is 53.4 Å². The predicted molar refractivity (Wildman–Crippen MR) is 84.3 cm³/mol. The zero-order valence-corrected chi connectivity index (χ0v) is 13.0. The standard InChI is InChI=1S/C13H15N3O3S2/c17-16(18)10-1-2-12-11(9-10)14-13(21-12)20-8-5-15-3-6-19-7-4-15/h1-2,9H,3-8H2. The van der Waals surface area contributed by atoms with E-state index in [0.717, 1.165) is 47.6 Å². The molecule has 1 saturated heterocycles. The smallest absolute Gasteiger partial charge is 0.271 e. The van der Waals surface area contributed by atoms with Gasteiger partial charge in [0.2, 0.25) is 0 Å². The summed E-state index contributed by atoms with van der Waals surface area (Å²) in [6, 6.07) is 4.84. The van der Waals surface area contributed by atoms with E-state index in [-0.39, 0.29) is 10.6 Å². The quantitative estimate of drug-likeness (QED) is 0.478. The number of fused-ring (bicyclic) bond motifs is 1. The van der Waals surface area contributed by atoms with Gasteiger partial charge in [0.15, 0.2) is 4.34 Å². The van der Waals surface area contributed by atoms with Gasteiger partial charge in [0, 0.05) is 37.5 Å². The molecule has 1 fully saturated rings. The Hall–Kier alpha value is -1.22. The maximum absolute atomic E-state index is 10.8. The van der Waals surface area contributed by atoms with Crippen LogP contribution in [0.25, 0.3) is 10.2 Å². The third-order valence-electron chi connectivity index (χ3n) is 3.30. The maximum atomic E-state index is 10.8. The monoisotopic (exact) mass is 325 g/mol. The highest BCUT2D eigenvalue weighted by Crippen LogP contribution is 2.31. The third-order valence-corrected chi connectivity index (χ3v) is 5.46. The van der Waals surface area contributed by atoms with Gasteiger partial charge in [-0.2, -0.15) is 0 Å². The molecule has 0 amide bonds. The number of non-ortho nitro benzene ring substituents is 1. The Labute approximate surface area is 130 Å². The first-order chi connectivity index (χ1) is 10.2. The van der Waals surface area contributed by atoms with Gasteiger partial charge in [-0.1, -0.05) is 11.8 Å². The van der Waals surface area contributed by atoms with E-state index in [4.69, 9.17) is 4.74 Å². The zero-order valence-electron chi connectivity index (χ0n) is 11.4. The minimum Gasteiger partial charge on any atom is -0.379 e. The summed E-state index contributed by atoms with van der Waals surface area (Å²) in [5.74, 6) is 0.974. The van der Waals surface area contributed by atoms with Gasteiger partial charge in [-0.3, -0.25) is 15.0 Å². The van der Waals surface area contributed by atoms with Crippen LogP contribution in [0.1, 0.15) is 0 Å². The van der Waals surface area contributed by atoms with Crippen molar-refractivity contribution in [3.05, 3.63) is 28.3 Å². The Balaban J connectivity index is 1.60. The first kappa shape index (κ1) is 14.7. The lowest BCUT2D eigenvalue weighted by molar-refractivity contribution is -0.384. The molecule has 112 valence electrons. The van der Waals surface area contributed by atoms with Gasteiger partial charge in [-0.25, -0.2) is 4.98 Å². The number of nitro benzene ring substituents is 1. The van der Waals surface area contributed by atoms with Crippen molar-refractivity contribution in [2.24, 2.45) is 0 Å². The zero-order chi connectivity index (χ0) is 14.7. The predicted octanol–water partition coefficient (Wildman–Crippen LogP) is 2.63. The number of hydrogen-bond donors (Lipinski definition) is 0. The molecular weight excluding hydrogens is 310 g/mol. The topological polar surface area (TPSA) is 68.5 Å². The van der Waals surface area contributed by atoms with Crippen LogP contribution in [0.4, 0.5) is 5.69 Å². The first-order valence-electron chi connectivity index (χ1n) is 6.70. The largest absolute Gasteiger partial charge is 0.379 e. The molecule has 3 rings (SSSR count). The lowest BCUT2D eigenvalue weighted by Crippen LogP contribution is -2.37. The van der Waals surface area contributed by atoms with Crippen LogP contribution in [-0.2, 0) is 4.74 Å². The number of morpholine rings is 1. The van der Waals surface area contributed by atoms with E-state index in [1.165, 1.54) is 12.1 Å².